The molecule has 0 aliphatic carbocycles. The van der Waals surface area contributed by atoms with E-state index >= 15 is 0 Å². The first kappa shape index (κ1) is 12.7. The maximum Gasteiger partial charge on any atom is 0.134 e. The summed E-state index contributed by atoms with van der Waals surface area (Å²) in [4.78, 5) is 9.00. The lowest BCUT2D eigenvalue weighted by Crippen LogP contribution is -2.09. The van der Waals surface area contributed by atoms with Gasteiger partial charge in [-0.25, -0.2) is 9.97 Å². The Balaban J connectivity index is 2.44. The zero-order valence-electron chi connectivity index (χ0n) is 10.8. The molecule has 0 aliphatic heterocycles. The summed E-state index contributed by atoms with van der Waals surface area (Å²) in [5, 5.41) is 9.35. The van der Waals surface area contributed by atoms with E-state index < -0.39 is 0 Å². The molecular formula is C15H18N2O. The smallest absolute Gasteiger partial charge is 0.134 e. The Morgan fingerprint density at radius 3 is 2.50 bits per heavy atom. The van der Waals surface area contributed by atoms with Crippen LogP contribution < -0.4 is 0 Å². The minimum absolute atomic E-state index is 0.0207. The highest BCUT2D eigenvalue weighted by Crippen LogP contribution is 2.21. The Kier molecular flexibility index (Phi) is 4.05. The first-order valence-corrected chi connectivity index (χ1v) is 6.26. The molecule has 2 rings (SSSR count). The standard InChI is InChI=1S/C15H18N2O/c1-3-12(10-18)15-16-11(2)9-14(17-15)13-7-5-4-6-8-13/h4-9,12,18H,3,10H2,1-2H3. The van der Waals surface area contributed by atoms with Gasteiger partial charge in [0.15, 0.2) is 0 Å². The summed E-state index contributed by atoms with van der Waals surface area (Å²) in [5.74, 6) is 0.756. The molecule has 0 radical (unpaired) electrons. The molecular weight excluding hydrogens is 224 g/mol. The number of rotatable bonds is 4. The number of benzene rings is 1. The van der Waals surface area contributed by atoms with Crippen molar-refractivity contribution in [3.8, 4) is 11.3 Å². The van der Waals surface area contributed by atoms with Gasteiger partial charge >= 0.3 is 0 Å². The Morgan fingerprint density at radius 1 is 1.17 bits per heavy atom. The van der Waals surface area contributed by atoms with Gasteiger partial charge in [0.05, 0.1) is 12.3 Å². The zero-order chi connectivity index (χ0) is 13.0. The van der Waals surface area contributed by atoms with Crippen LogP contribution in [0.3, 0.4) is 0 Å². The quantitative estimate of drug-likeness (QED) is 0.896. The van der Waals surface area contributed by atoms with Crippen molar-refractivity contribution in [3.63, 3.8) is 0 Å². The van der Waals surface area contributed by atoms with Crippen molar-refractivity contribution >= 4 is 0 Å². The second kappa shape index (κ2) is 5.74. The van der Waals surface area contributed by atoms with Gasteiger partial charge in [-0.05, 0) is 19.4 Å². The maximum absolute atomic E-state index is 9.35. The highest BCUT2D eigenvalue weighted by atomic mass is 16.3. The van der Waals surface area contributed by atoms with Crippen molar-refractivity contribution in [1.29, 1.82) is 0 Å². The van der Waals surface area contributed by atoms with Gasteiger partial charge in [-0.2, -0.15) is 0 Å². The van der Waals surface area contributed by atoms with E-state index in [1.807, 2.05) is 50.2 Å². The van der Waals surface area contributed by atoms with E-state index in [2.05, 4.69) is 9.97 Å². The van der Waals surface area contributed by atoms with E-state index in [0.717, 1.165) is 29.2 Å². The highest BCUT2D eigenvalue weighted by molar-refractivity contribution is 5.59. The van der Waals surface area contributed by atoms with Crippen molar-refractivity contribution in [3.05, 3.63) is 47.9 Å². The molecule has 0 amide bonds. The lowest BCUT2D eigenvalue weighted by molar-refractivity contribution is 0.257. The van der Waals surface area contributed by atoms with Gasteiger partial charge in [-0.3, -0.25) is 0 Å². The second-order valence-corrected chi connectivity index (χ2v) is 4.41. The summed E-state index contributed by atoms with van der Waals surface area (Å²) < 4.78 is 0. The predicted octanol–water partition coefficient (Wildman–Crippen LogP) is 2.94. The third-order valence-electron chi connectivity index (χ3n) is 3.02. The van der Waals surface area contributed by atoms with Gasteiger partial charge in [0.2, 0.25) is 0 Å². The Hall–Kier alpha value is -1.74. The van der Waals surface area contributed by atoms with E-state index in [4.69, 9.17) is 0 Å². The molecule has 0 saturated carbocycles. The monoisotopic (exact) mass is 242 g/mol. The van der Waals surface area contributed by atoms with Gasteiger partial charge in [-0.15, -0.1) is 0 Å². The van der Waals surface area contributed by atoms with Crippen LogP contribution in [-0.4, -0.2) is 21.7 Å². The van der Waals surface area contributed by atoms with Crippen LogP contribution >= 0.6 is 0 Å². The molecule has 2 aromatic rings. The molecule has 0 bridgehead atoms. The first-order chi connectivity index (χ1) is 8.74. The summed E-state index contributed by atoms with van der Waals surface area (Å²) in [6.07, 6.45) is 0.841. The normalized spacial score (nSPS) is 12.4. The number of aryl methyl sites for hydroxylation is 1. The lowest BCUT2D eigenvalue weighted by atomic mass is 10.1. The van der Waals surface area contributed by atoms with Crippen molar-refractivity contribution in [2.45, 2.75) is 26.2 Å². The second-order valence-electron chi connectivity index (χ2n) is 4.41. The maximum atomic E-state index is 9.35. The van der Waals surface area contributed by atoms with E-state index in [9.17, 15) is 5.11 Å². The van der Waals surface area contributed by atoms with Gasteiger partial charge < -0.3 is 5.11 Å². The fourth-order valence-corrected chi connectivity index (χ4v) is 1.92. The van der Waals surface area contributed by atoms with Gasteiger partial charge in [0.25, 0.3) is 0 Å². The fraction of sp³-hybridized carbons (Fsp3) is 0.333. The predicted molar refractivity (Wildman–Crippen MR) is 72.3 cm³/mol. The number of aromatic nitrogens is 2. The van der Waals surface area contributed by atoms with Crippen LogP contribution in [-0.2, 0) is 0 Å². The third-order valence-corrected chi connectivity index (χ3v) is 3.02. The van der Waals surface area contributed by atoms with Crippen molar-refractivity contribution in [2.24, 2.45) is 0 Å². The van der Waals surface area contributed by atoms with E-state index in [0.29, 0.717) is 0 Å². The third kappa shape index (κ3) is 2.74. The topological polar surface area (TPSA) is 46.0 Å². The van der Waals surface area contributed by atoms with Crippen LogP contribution in [0.15, 0.2) is 36.4 Å². The summed E-state index contributed by atoms with van der Waals surface area (Å²) in [7, 11) is 0. The number of aliphatic hydroxyl groups is 1. The number of aliphatic hydroxyl groups excluding tert-OH is 1. The minimum Gasteiger partial charge on any atom is -0.396 e. The fourth-order valence-electron chi connectivity index (χ4n) is 1.92. The molecule has 0 spiro atoms. The minimum atomic E-state index is 0.0207. The van der Waals surface area contributed by atoms with Crippen LogP contribution in [0.25, 0.3) is 11.3 Å². The molecule has 18 heavy (non-hydrogen) atoms. The van der Waals surface area contributed by atoms with E-state index in [-0.39, 0.29) is 12.5 Å². The molecule has 0 saturated heterocycles. The number of hydrogen-bond donors (Lipinski definition) is 1. The average Bonchev–Trinajstić information content (AvgIpc) is 2.40. The zero-order valence-corrected chi connectivity index (χ0v) is 10.8. The highest BCUT2D eigenvalue weighted by Gasteiger charge is 2.13. The average molecular weight is 242 g/mol. The molecule has 3 nitrogen and oxygen atoms in total. The van der Waals surface area contributed by atoms with Crippen molar-refractivity contribution in [1.82, 2.24) is 9.97 Å². The molecule has 1 aromatic heterocycles. The van der Waals surface area contributed by atoms with Crippen LogP contribution in [0.5, 0.6) is 0 Å². The Bertz CT molecular complexity index is 507. The summed E-state index contributed by atoms with van der Waals surface area (Å²) in [5.41, 5.74) is 2.94. The summed E-state index contributed by atoms with van der Waals surface area (Å²) in [6.45, 7) is 4.09. The molecule has 1 heterocycles. The molecule has 1 N–H and O–H groups in total. The van der Waals surface area contributed by atoms with Crippen LogP contribution in [0.1, 0.15) is 30.8 Å². The van der Waals surface area contributed by atoms with Crippen LogP contribution in [0, 0.1) is 6.92 Å². The Morgan fingerprint density at radius 2 is 1.89 bits per heavy atom. The molecule has 1 atom stereocenters. The Labute approximate surface area is 108 Å². The molecule has 1 aromatic carbocycles. The number of nitrogens with zero attached hydrogens (tertiary/aromatic N) is 2. The van der Waals surface area contributed by atoms with Crippen molar-refractivity contribution < 1.29 is 5.11 Å². The summed E-state index contributed by atoms with van der Waals surface area (Å²) >= 11 is 0. The molecule has 0 aliphatic rings. The lowest BCUT2D eigenvalue weighted by Gasteiger charge is -2.12. The first-order valence-electron chi connectivity index (χ1n) is 6.26. The van der Waals surface area contributed by atoms with E-state index in [1.165, 1.54) is 0 Å². The van der Waals surface area contributed by atoms with Crippen LogP contribution in [0.2, 0.25) is 0 Å². The largest absolute Gasteiger partial charge is 0.396 e. The summed E-state index contributed by atoms with van der Waals surface area (Å²) in [6, 6.07) is 12.0. The number of hydrogen-bond acceptors (Lipinski definition) is 3. The molecule has 3 heteroatoms. The SMILES string of the molecule is CCC(CO)c1nc(C)cc(-c2ccccc2)n1. The van der Waals surface area contributed by atoms with E-state index in [1.54, 1.807) is 0 Å². The van der Waals surface area contributed by atoms with Crippen LogP contribution in [0.4, 0.5) is 0 Å². The van der Waals surface area contributed by atoms with Gasteiger partial charge in [0, 0.05) is 17.2 Å². The van der Waals surface area contributed by atoms with Gasteiger partial charge in [0.1, 0.15) is 5.82 Å². The molecule has 1 unspecified atom stereocenters. The van der Waals surface area contributed by atoms with Crippen molar-refractivity contribution in [2.75, 3.05) is 6.61 Å². The molecule has 0 fully saturated rings. The van der Waals surface area contributed by atoms with Gasteiger partial charge in [-0.1, -0.05) is 37.3 Å². The molecule has 94 valence electrons.